The molecular formula is C25H53O5PSi2. The van der Waals surface area contributed by atoms with Gasteiger partial charge in [-0.3, -0.25) is 4.57 Å². The van der Waals surface area contributed by atoms with Crippen LogP contribution in [0, 0.1) is 11.8 Å². The number of rotatable bonds is 9. The highest BCUT2D eigenvalue weighted by Crippen LogP contribution is 2.60. The van der Waals surface area contributed by atoms with Crippen molar-refractivity contribution in [3.63, 3.8) is 0 Å². The minimum atomic E-state index is -3.39. The van der Waals surface area contributed by atoms with Gasteiger partial charge in [0.15, 0.2) is 16.6 Å². The molecule has 33 heavy (non-hydrogen) atoms. The summed E-state index contributed by atoms with van der Waals surface area (Å²) >= 11 is 0. The predicted octanol–water partition coefficient (Wildman–Crippen LogP) is 8.59. The topological polar surface area (TPSA) is 54.0 Å². The van der Waals surface area contributed by atoms with Crippen molar-refractivity contribution < 1.29 is 22.5 Å². The van der Waals surface area contributed by atoms with Crippen molar-refractivity contribution in [2.24, 2.45) is 11.8 Å². The quantitative estimate of drug-likeness (QED) is 0.225. The molecule has 0 N–H and O–H groups in total. The van der Waals surface area contributed by atoms with E-state index in [1.807, 2.05) is 13.8 Å². The van der Waals surface area contributed by atoms with E-state index in [1.54, 1.807) is 0 Å². The normalized spacial score (nSPS) is 26.2. The van der Waals surface area contributed by atoms with Crippen LogP contribution in [0.15, 0.2) is 11.4 Å². The van der Waals surface area contributed by atoms with Crippen molar-refractivity contribution in [2.45, 2.75) is 124 Å². The van der Waals surface area contributed by atoms with Gasteiger partial charge >= 0.3 is 7.60 Å². The maximum atomic E-state index is 13.8. The molecule has 0 unspecified atom stereocenters. The van der Waals surface area contributed by atoms with E-state index < -0.39 is 24.2 Å². The highest BCUT2D eigenvalue weighted by Gasteiger charge is 2.48. The van der Waals surface area contributed by atoms with Crippen molar-refractivity contribution in [2.75, 3.05) is 13.2 Å². The third kappa shape index (κ3) is 7.61. The van der Waals surface area contributed by atoms with Crippen LogP contribution >= 0.6 is 7.60 Å². The number of hydrogen-bond donors (Lipinski definition) is 0. The zero-order valence-electron chi connectivity index (χ0n) is 24.0. The maximum Gasteiger partial charge on any atom is 0.357 e. The van der Waals surface area contributed by atoms with Crippen LogP contribution in [-0.2, 0) is 22.5 Å². The molecule has 0 saturated heterocycles. The first-order chi connectivity index (χ1) is 14.7. The summed E-state index contributed by atoms with van der Waals surface area (Å²) in [6, 6.07) is 0. The van der Waals surface area contributed by atoms with Crippen LogP contribution in [0.1, 0.15) is 75.7 Å². The molecule has 1 aliphatic rings. The van der Waals surface area contributed by atoms with E-state index in [4.69, 9.17) is 17.9 Å². The molecule has 0 heterocycles. The lowest BCUT2D eigenvalue weighted by molar-refractivity contribution is 0.0224. The second-order valence-electron chi connectivity index (χ2n) is 12.7. The Labute approximate surface area is 207 Å². The van der Waals surface area contributed by atoms with E-state index in [2.05, 4.69) is 87.7 Å². The Bertz CT molecular complexity index is 711. The van der Waals surface area contributed by atoms with Gasteiger partial charge in [-0.15, -0.1) is 0 Å². The lowest BCUT2D eigenvalue weighted by Crippen LogP contribution is -2.51. The Morgan fingerprint density at radius 2 is 1.30 bits per heavy atom. The Morgan fingerprint density at radius 1 is 0.879 bits per heavy atom. The Balaban J connectivity index is 3.55. The van der Waals surface area contributed by atoms with Crippen molar-refractivity contribution in [1.29, 1.82) is 0 Å². The first-order valence-electron chi connectivity index (χ1n) is 12.7. The van der Waals surface area contributed by atoms with Gasteiger partial charge in [-0.1, -0.05) is 61.5 Å². The largest absolute Gasteiger partial charge is 0.413 e. The van der Waals surface area contributed by atoms with E-state index in [-0.39, 0.29) is 34.1 Å². The molecule has 0 amide bonds. The smallest absolute Gasteiger partial charge is 0.357 e. The Morgan fingerprint density at radius 3 is 1.70 bits per heavy atom. The monoisotopic (exact) mass is 520 g/mol. The van der Waals surface area contributed by atoms with Gasteiger partial charge in [0.05, 0.1) is 25.4 Å². The minimum Gasteiger partial charge on any atom is -0.413 e. The second kappa shape index (κ2) is 11.1. The SMILES string of the molecule is CCOP(=O)(OCC)C1=C[C@H](C)[C@@H](O[Si](C)(C)C(C)(C)C)[C@@H](C)[C@@H](O[Si](C)(C)C(C)(C)C)C1. The summed E-state index contributed by atoms with van der Waals surface area (Å²) in [5.41, 5.74) is 0. The fourth-order valence-electron chi connectivity index (χ4n) is 3.73. The summed E-state index contributed by atoms with van der Waals surface area (Å²) in [5, 5.41) is 0.927. The van der Waals surface area contributed by atoms with Gasteiger partial charge in [0, 0.05) is 23.6 Å². The molecule has 0 fully saturated rings. The van der Waals surface area contributed by atoms with Crippen molar-refractivity contribution in [3.8, 4) is 0 Å². The van der Waals surface area contributed by atoms with Crippen LogP contribution in [0.5, 0.6) is 0 Å². The predicted molar refractivity (Wildman–Crippen MR) is 146 cm³/mol. The Hall–Kier alpha value is 0.244. The molecule has 196 valence electrons. The Kier molecular flexibility index (Phi) is 10.5. The van der Waals surface area contributed by atoms with E-state index in [1.165, 1.54) is 0 Å². The molecule has 0 aromatic rings. The summed E-state index contributed by atoms with van der Waals surface area (Å²) in [4.78, 5) is 0. The molecule has 4 atom stereocenters. The van der Waals surface area contributed by atoms with Gasteiger partial charge in [-0.2, -0.15) is 0 Å². The molecule has 0 aliphatic heterocycles. The molecule has 0 radical (unpaired) electrons. The molecule has 0 aromatic heterocycles. The van der Waals surface area contributed by atoms with Crippen LogP contribution in [-0.4, -0.2) is 42.1 Å². The third-order valence-corrected chi connectivity index (χ3v) is 19.1. The van der Waals surface area contributed by atoms with Gasteiger partial charge in [-0.05, 0) is 50.1 Å². The van der Waals surface area contributed by atoms with Crippen molar-refractivity contribution in [3.05, 3.63) is 11.4 Å². The van der Waals surface area contributed by atoms with Gasteiger partial charge in [0.2, 0.25) is 0 Å². The average molecular weight is 521 g/mol. The summed E-state index contributed by atoms with van der Waals surface area (Å²) in [6.07, 6.45) is 2.53. The highest BCUT2D eigenvalue weighted by atomic mass is 31.2. The van der Waals surface area contributed by atoms with E-state index in [9.17, 15) is 4.57 Å². The molecule has 1 aliphatic carbocycles. The van der Waals surface area contributed by atoms with Crippen LogP contribution in [0.3, 0.4) is 0 Å². The molecule has 0 aromatic carbocycles. The minimum absolute atomic E-state index is 0.0186. The van der Waals surface area contributed by atoms with Gasteiger partial charge in [-0.25, -0.2) is 0 Å². The summed E-state index contributed by atoms with van der Waals surface area (Å²) < 4.78 is 39.4. The third-order valence-electron chi connectivity index (χ3n) is 7.93. The standard InChI is InChI=1S/C25H53O5PSi2/c1-15-27-31(26,28-16-2)21-17-19(3)23(30-33(13,14)25(8,9)10)20(4)22(18-21)29-32(11,12)24(5,6)7/h17,19-20,22-23H,15-16,18H2,1-14H3/t19-,20-,22-,23+/m0/s1. The molecular weight excluding hydrogens is 467 g/mol. The molecule has 0 spiro atoms. The van der Waals surface area contributed by atoms with Crippen molar-refractivity contribution in [1.82, 2.24) is 0 Å². The van der Waals surface area contributed by atoms with Crippen LogP contribution in [0.25, 0.3) is 0 Å². The first-order valence-corrected chi connectivity index (χ1v) is 20.0. The number of hydrogen-bond acceptors (Lipinski definition) is 5. The highest BCUT2D eigenvalue weighted by molar-refractivity contribution is 7.58. The van der Waals surface area contributed by atoms with E-state index >= 15 is 0 Å². The zero-order valence-corrected chi connectivity index (χ0v) is 26.9. The second-order valence-corrected chi connectivity index (χ2v) is 24.3. The van der Waals surface area contributed by atoms with Crippen LogP contribution in [0.4, 0.5) is 0 Å². The summed E-state index contributed by atoms with van der Waals surface area (Å²) in [5.74, 6) is 0.222. The lowest BCUT2D eigenvalue weighted by atomic mass is 9.91. The maximum absolute atomic E-state index is 13.8. The molecule has 8 heteroatoms. The first kappa shape index (κ1) is 31.3. The van der Waals surface area contributed by atoms with Crippen molar-refractivity contribution >= 4 is 24.2 Å². The van der Waals surface area contributed by atoms with Gasteiger partial charge in [0.25, 0.3) is 0 Å². The summed E-state index contributed by atoms with van der Waals surface area (Å²) in [6.45, 7) is 31.6. The summed E-state index contributed by atoms with van der Waals surface area (Å²) in [7, 11) is -7.49. The van der Waals surface area contributed by atoms with Crippen LogP contribution < -0.4 is 0 Å². The molecule has 5 nitrogen and oxygen atoms in total. The lowest BCUT2D eigenvalue weighted by Gasteiger charge is -2.45. The zero-order chi connectivity index (χ0) is 26.0. The molecule has 1 rings (SSSR count). The molecule has 0 saturated carbocycles. The molecule has 0 bridgehead atoms. The fourth-order valence-corrected chi connectivity index (χ4v) is 8.51. The van der Waals surface area contributed by atoms with Crippen LogP contribution in [0.2, 0.25) is 36.3 Å². The van der Waals surface area contributed by atoms with E-state index in [0.717, 1.165) is 5.31 Å². The van der Waals surface area contributed by atoms with E-state index in [0.29, 0.717) is 19.6 Å². The average Bonchev–Trinajstić information content (AvgIpc) is 2.72. The fraction of sp³-hybridized carbons (Fsp3) is 0.920. The van der Waals surface area contributed by atoms with Gasteiger partial charge in [0.1, 0.15) is 0 Å². The van der Waals surface area contributed by atoms with Gasteiger partial charge < -0.3 is 17.9 Å².